The summed E-state index contributed by atoms with van der Waals surface area (Å²) in [6.07, 6.45) is 6.20. The van der Waals surface area contributed by atoms with Crippen LogP contribution in [0.5, 0.6) is 0 Å². The molecule has 1 saturated carbocycles. The zero-order chi connectivity index (χ0) is 10.7. The maximum atomic E-state index is 10.9. The number of aldehydes is 1. The van der Waals surface area contributed by atoms with Crippen molar-refractivity contribution in [3.63, 3.8) is 0 Å². The Morgan fingerprint density at radius 2 is 2.40 bits per heavy atom. The Kier molecular flexibility index (Phi) is 2.99. The van der Waals surface area contributed by atoms with Crippen molar-refractivity contribution in [2.24, 2.45) is 0 Å². The Labute approximate surface area is 90.1 Å². The molecule has 1 aliphatic rings. The standard InChI is InChI=1S/C12H16N2O/c1-2-8-14(11-5-6-11)12-10(9-15)4-3-7-13-12/h3-4,7,9,11H,2,5-6,8H2,1H3. The van der Waals surface area contributed by atoms with E-state index < -0.39 is 0 Å². The van der Waals surface area contributed by atoms with E-state index in [2.05, 4.69) is 16.8 Å². The molecule has 1 aromatic heterocycles. The SMILES string of the molecule is CCCN(c1ncccc1C=O)C1CC1. The first-order valence-corrected chi connectivity index (χ1v) is 5.53. The van der Waals surface area contributed by atoms with Gasteiger partial charge in [-0.25, -0.2) is 4.98 Å². The van der Waals surface area contributed by atoms with Gasteiger partial charge in [0.15, 0.2) is 6.29 Å². The summed E-state index contributed by atoms with van der Waals surface area (Å²) in [6.45, 7) is 3.14. The smallest absolute Gasteiger partial charge is 0.153 e. The fourth-order valence-corrected chi connectivity index (χ4v) is 1.83. The fraction of sp³-hybridized carbons (Fsp3) is 0.500. The number of nitrogens with zero attached hydrogens (tertiary/aromatic N) is 2. The van der Waals surface area contributed by atoms with Crippen LogP contribution in [0.3, 0.4) is 0 Å². The Balaban J connectivity index is 2.27. The van der Waals surface area contributed by atoms with Crippen LogP contribution in [0.25, 0.3) is 0 Å². The van der Waals surface area contributed by atoms with Crippen molar-refractivity contribution in [3.05, 3.63) is 23.9 Å². The van der Waals surface area contributed by atoms with E-state index in [0.29, 0.717) is 11.6 Å². The first kappa shape index (κ1) is 10.1. The number of carbonyl (C=O) groups is 1. The largest absolute Gasteiger partial charge is 0.353 e. The van der Waals surface area contributed by atoms with Crippen LogP contribution in [0.2, 0.25) is 0 Å². The van der Waals surface area contributed by atoms with Gasteiger partial charge in [0, 0.05) is 18.8 Å². The van der Waals surface area contributed by atoms with Crippen LogP contribution in [-0.4, -0.2) is 23.9 Å². The number of anilines is 1. The molecule has 2 rings (SSSR count). The van der Waals surface area contributed by atoms with E-state index >= 15 is 0 Å². The van der Waals surface area contributed by atoms with Crippen LogP contribution in [0.1, 0.15) is 36.5 Å². The molecule has 0 spiro atoms. The summed E-state index contributed by atoms with van der Waals surface area (Å²) in [5, 5.41) is 0. The summed E-state index contributed by atoms with van der Waals surface area (Å²) >= 11 is 0. The molecule has 0 aliphatic heterocycles. The number of pyridine rings is 1. The van der Waals surface area contributed by atoms with Gasteiger partial charge in [-0.1, -0.05) is 6.92 Å². The molecular weight excluding hydrogens is 188 g/mol. The number of aromatic nitrogens is 1. The van der Waals surface area contributed by atoms with Gasteiger partial charge in [-0.15, -0.1) is 0 Å². The molecule has 0 bridgehead atoms. The second-order valence-corrected chi connectivity index (χ2v) is 3.96. The number of carbonyl (C=O) groups excluding carboxylic acids is 1. The van der Waals surface area contributed by atoms with Gasteiger partial charge in [-0.05, 0) is 31.4 Å². The third-order valence-electron chi connectivity index (χ3n) is 2.67. The number of rotatable bonds is 5. The van der Waals surface area contributed by atoms with E-state index in [4.69, 9.17) is 0 Å². The second-order valence-electron chi connectivity index (χ2n) is 3.96. The molecule has 0 N–H and O–H groups in total. The normalized spacial score (nSPS) is 15.0. The molecular formula is C12H16N2O. The highest BCUT2D eigenvalue weighted by molar-refractivity contribution is 5.82. The maximum absolute atomic E-state index is 10.9. The lowest BCUT2D eigenvalue weighted by Gasteiger charge is -2.23. The van der Waals surface area contributed by atoms with Gasteiger partial charge in [0.2, 0.25) is 0 Å². The Morgan fingerprint density at radius 3 is 3.00 bits per heavy atom. The summed E-state index contributed by atoms with van der Waals surface area (Å²) in [6, 6.07) is 4.25. The van der Waals surface area contributed by atoms with Crippen LogP contribution < -0.4 is 4.90 Å². The van der Waals surface area contributed by atoms with Gasteiger partial charge in [0.25, 0.3) is 0 Å². The van der Waals surface area contributed by atoms with Gasteiger partial charge in [0.1, 0.15) is 5.82 Å². The Hall–Kier alpha value is -1.38. The molecule has 1 fully saturated rings. The first-order chi connectivity index (χ1) is 7.36. The van der Waals surface area contributed by atoms with E-state index in [0.717, 1.165) is 25.1 Å². The third kappa shape index (κ3) is 2.17. The zero-order valence-corrected chi connectivity index (χ0v) is 9.02. The van der Waals surface area contributed by atoms with Crippen LogP contribution in [0.4, 0.5) is 5.82 Å². The minimum Gasteiger partial charge on any atom is -0.353 e. The fourth-order valence-electron chi connectivity index (χ4n) is 1.83. The highest BCUT2D eigenvalue weighted by Gasteiger charge is 2.30. The lowest BCUT2D eigenvalue weighted by Crippen LogP contribution is -2.28. The zero-order valence-electron chi connectivity index (χ0n) is 9.02. The van der Waals surface area contributed by atoms with Gasteiger partial charge >= 0.3 is 0 Å². The maximum Gasteiger partial charge on any atom is 0.153 e. The predicted octanol–water partition coefficient (Wildman–Crippen LogP) is 2.27. The topological polar surface area (TPSA) is 33.2 Å². The molecule has 0 aromatic carbocycles. The average Bonchev–Trinajstić information content (AvgIpc) is 3.10. The molecule has 3 nitrogen and oxygen atoms in total. The predicted molar refractivity (Wildman–Crippen MR) is 60.3 cm³/mol. The van der Waals surface area contributed by atoms with Gasteiger partial charge < -0.3 is 4.90 Å². The number of hydrogen-bond acceptors (Lipinski definition) is 3. The molecule has 15 heavy (non-hydrogen) atoms. The third-order valence-corrected chi connectivity index (χ3v) is 2.67. The van der Waals surface area contributed by atoms with Gasteiger partial charge in [-0.2, -0.15) is 0 Å². The average molecular weight is 204 g/mol. The summed E-state index contributed by atoms with van der Waals surface area (Å²) in [7, 11) is 0. The highest BCUT2D eigenvalue weighted by atomic mass is 16.1. The minimum atomic E-state index is 0.610. The van der Waals surface area contributed by atoms with Gasteiger partial charge in [0.05, 0.1) is 5.56 Å². The number of hydrogen-bond donors (Lipinski definition) is 0. The van der Waals surface area contributed by atoms with Gasteiger partial charge in [-0.3, -0.25) is 4.79 Å². The van der Waals surface area contributed by atoms with Crippen molar-refractivity contribution in [2.45, 2.75) is 32.2 Å². The van der Waals surface area contributed by atoms with Crippen molar-refractivity contribution >= 4 is 12.1 Å². The molecule has 0 atom stereocenters. The second kappa shape index (κ2) is 4.43. The lowest BCUT2D eigenvalue weighted by atomic mass is 10.2. The van der Waals surface area contributed by atoms with Crippen molar-refractivity contribution in [2.75, 3.05) is 11.4 Å². The molecule has 0 unspecified atom stereocenters. The van der Waals surface area contributed by atoms with Crippen molar-refractivity contribution in [3.8, 4) is 0 Å². The van der Waals surface area contributed by atoms with Crippen molar-refractivity contribution in [1.82, 2.24) is 4.98 Å². The Morgan fingerprint density at radius 1 is 1.60 bits per heavy atom. The monoisotopic (exact) mass is 204 g/mol. The molecule has 1 heterocycles. The molecule has 1 aromatic rings. The molecule has 1 aliphatic carbocycles. The van der Waals surface area contributed by atoms with Crippen LogP contribution in [0.15, 0.2) is 18.3 Å². The van der Waals surface area contributed by atoms with Crippen molar-refractivity contribution < 1.29 is 4.79 Å². The molecule has 0 amide bonds. The van der Waals surface area contributed by atoms with Crippen molar-refractivity contribution in [1.29, 1.82) is 0 Å². The quantitative estimate of drug-likeness (QED) is 0.690. The lowest BCUT2D eigenvalue weighted by molar-refractivity contribution is 0.112. The molecule has 0 radical (unpaired) electrons. The highest BCUT2D eigenvalue weighted by Crippen LogP contribution is 2.31. The van der Waals surface area contributed by atoms with Crippen LogP contribution >= 0.6 is 0 Å². The molecule has 80 valence electrons. The molecule has 3 heteroatoms. The first-order valence-electron chi connectivity index (χ1n) is 5.53. The minimum absolute atomic E-state index is 0.610. The Bertz CT molecular complexity index is 347. The summed E-state index contributed by atoms with van der Waals surface area (Å²) < 4.78 is 0. The van der Waals surface area contributed by atoms with E-state index in [1.165, 1.54) is 12.8 Å². The van der Waals surface area contributed by atoms with E-state index in [1.54, 1.807) is 6.20 Å². The van der Waals surface area contributed by atoms with Crippen LogP contribution in [0, 0.1) is 0 Å². The van der Waals surface area contributed by atoms with E-state index in [-0.39, 0.29) is 0 Å². The summed E-state index contributed by atoms with van der Waals surface area (Å²) in [5.74, 6) is 0.858. The van der Waals surface area contributed by atoms with E-state index in [9.17, 15) is 4.79 Å². The summed E-state index contributed by atoms with van der Waals surface area (Å²) in [4.78, 5) is 17.5. The molecule has 0 saturated heterocycles. The summed E-state index contributed by atoms with van der Waals surface area (Å²) in [5.41, 5.74) is 0.706. The van der Waals surface area contributed by atoms with Crippen LogP contribution in [-0.2, 0) is 0 Å². The van der Waals surface area contributed by atoms with E-state index in [1.807, 2.05) is 12.1 Å².